The molecule has 2 rings (SSSR count). The highest BCUT2D eigenvalue weighted by atomic mass is 16.5. The third-order valence-corrected chi connectivity index (χ3v) is 3.40. The summed E-state index contributed by atoms with van der Waals surface area (Å²) in [6.07, 6.45) is 1.72. The van der Waals surface area contributed by atoms with Crippen molar-refractivity contribution in [3.63, 3.8) is 0 Å². The first-order valence-electron chi connectivity index (χ1n) is 6.25. The number of nitrogens with two attached hydrogens (primary N) is 1. The molecule has 2 heterocycles. The summed E-state index contributed by atoms with van der Waals surface area (Å²) in [6.45, 7) is 8.04. The maximum absolute atomic E-state index is 5.64. The Kier molecular flexibility index (Phi) is 3.84. The van der Waals surface area contributed by atoms with Crippen molar-refractivity contribution in [1.82, 2.24) is 4.98 Å². The predicted octanol–water partition coefficient (Wildman–Crippen LogP) is 1.77. The van der Waals surface area contributed by atoms with Crippen LogP contribution in [0.15, 0.2) is 18.3 Å². The number of aromatic nitrogens is 1. The van der Waals surface area contributed by atoms with E-state index in [1.54, 1.807) is 6.20 Å². The second kappa shape index (κ2) is 5.36. The first-order chi connectivity index (χ1) is 8.20. The van der Waals surface area contributed by atoms with Crippen LogP contribution in [0.3, 0.4) is 0 Å². The molecule has 2 N–H and O–H groups in total. The van der Waals surface area contributed by atoms with Gasteiger partial charge < -0.3 is 15.4 Å². The summed E-state index contributed by atoms with van der Waals surface area (Å²) in [7, 11) is 0. The monoisotopic (exact) mass is 235 g/mol. The van der Waals surface area contributed by atoms with Crippen LogP contribution in [0, 0.1) is 11.8 Å². The van der Waals surface area contributed by atoms with Crippen LogP contribution in [0.2, 0.25) is 0 Å². The maximum atomic E-state index is 5.64. The molecule has 0 unspecified atom stereocenters. The van der Waals surface area contributed by atoms with Crippen LogP contribution < -0.4 is 10.6 Å². The fourth-order valence-electron chi connectivity index (χ4n) is 2.29. The Balaban J connectivity index is 1.98. The molecule has 1 aliphatic heterocycles. The lowest BCUT2D eigenvalue weighted by Crippen LogP contribution is -2.22. The molecule has 4 heteroatoms. The molecule has 17 heavy (non-hydrogen) atoms. The number of nitrogens with zero attached hydrogens (tertiary/aromatic N) is 2. The molecule has 4 nitrogen and oxygen atoms in total. The third kappa shape index (κ3) is 2.88. The molecule has 0 aromatic carbocycles. The topological polar surface area (TPSA) is 51.4 Å². The average Bonchev–Trinajstić information content (AvgIpc) is 2.69. The summed E-state index contributed by atoms with van der Waals surface area (Å²) in [5.41, 5.74) is 6.36. The fourth-order valence-corrected chi connectivity index (χ4v) is 2.29. The minimum absolute atomic E-state index is 0.606. The van der Waals surface area contributed by atoms with Gasteiger partial charge >= 0.3 is 0 Å². The van der Waals surface area contributed by atoms with Crippen molar-refractivity contribution in [3.05, 3.63) is 18.3 Å². The van der Waals surface area contributed by atoms with Crippen molar-refractivity contribution in [3.8, 4) is 0 Å². The van der Waals surface area contributed by atoms with Crippen molar-refractivity contribution in [2.24, 2.45) is 11.8 Å². The highest BCUT2D eigenvalue weighted by molar-refractivity contribution is 5.46. The first kappa shape index (κ1) is 12.2. The minimum atomic E-state index is 0.606. The Morgan fingerprint density at radius 3 is 2.94 bits per heavy atom. The van der Waals surface area contributed by atoms with Crippen LogP contribution in [0.4, 0.5) is 11.5 Å². The summed E-state index contributed by atoms with van der Waals surface area (Å²) in [5, 5.41) is 0. The first-order valence-corrected chi connectivity index (χ1v) is 6.25. The number of nitrogen functional groups attached to an aromatic ring is 1. The summed E-state index contributed by atoms with van der Waals surface area (Å²) >= 11 is 0. The molecule has 0 amide bonds. The van der Waals surface area contributed by atoms with Gasteiger partial charge in [0.2, 0.25) is 0 Å². The van der Waals surface area contributed by atoms with E-state index in [-0.39, 0.29) is 0 Å². The summed E-state index contributed by atoms with van der Waals surface area (Å²) in [5.74, 6) is 2.28. The van der Waals surface area contributed by atoms with Crippen LogP contribution in [0.25, 0.3) is 0 Å². The van der Waals surface area contributed by atoms with Gasteiger partial charge in [-0.1, -0.05) is 6.92 Å². The number of ether oxygens (including phenoxy) is 1. The molecule has 1 aromatic heterocycles. The van der Waals surface area contributed by atoms with E-state index in [4.69, 9.17) is 10.5 Å². The van der Waals surface area contributed by atoms with Gasteiger partial charge in [0.05, 0.1) is 18.5 Å². The third-order valence-electron chi connectivity index (χ3n) is 3.40. The lowest BCUT2D eigenvalue weighted by Gasteiger charge is -2.17. The Morgan fingerprint density at radius 2 is 2.29 bits per heavy atom. The number of anilines is 2. The van der Waals surface area contributed by atoms with Gasteiger partial charge in [-0.15, -0.1) is 0 Å². The Morgan fingerprint density at radius 1 is 1.47 bits per heavy atom. The number of hydrogen-bond acceptors (Lipinski definition) is 4. The van der Waals surface area contributed by atoms with Gasteiger partial charge in [-0.25, -0.2) is 4.98 Å². The molecule has 0 spiro atoms. The van der Waals surface area contributed by atoms with Gasteiger partial charge in [-0.2, -0.15) is 0 Å². The van der Waals surface area contributed by atoms with E-state index in [0.29, 0.717) is 17.5 Å². The van der Waals surface area contributed by atoms with Gasteiger partial charge in [-0.05, 0) is 25.0 Å². The van der Waals surface area contributed by atoms with E-state index in [1.807, 2.05) is 19.1 Å². The van der Waals surface area contributed by atoms with Gasteiger partial charge in [0.25, 0.3) is 0 Å². The van der Waals surface area contributed by atoms with Crippen LogP contribution in [0.1, 0.15) is 13.8 Å². The SMILES string of the molecule is CCOC[C@@H]1CN(c2ccc(N)cn2)C[C@@H]1C. The van der Waals surface area contributed by atoms with Crippen molar-refractivity contribution in [1.29, 1.82) is 0 Å². The molecule has 94 valence electrons. The second-order valence-corrected chi connectivity index (χ2v) is 4.75. The van der Waals surface area contributed by atoms with E-state index in [0.717, 1.165) is 32.1 Å². The molecule has 2 atom stereocenters. The lowest BCUT2D eigenvalue weighted by atomic mass is 9.99. The van der Waals surface area contributed by atoms with Crippen LogP contribution in [0.5, 0.6) is 0 Å². The number of rotatable bonds is 4. The fraction of sp³-hybridized carbons (Fsp3) is 0.615. The van der Waals surface area contributed by atoms with Crippen LogP contribution >= 0.6 is 0 Å². The molecule has 1 aromatic rings. The van der Waals surface area contributed by atoms with E-state index in [2.05, 4.69) is 16.8 Å². The van der Waals surface area contributed by atoms with Crippen molar-refractivity contribution in [2.75, 3.05) is 36.9 Å². The largest absolute Gasteiger partial charge is 0.397 e. The highest BCUT2D eigenvalue weighted by Crippen LogP contribution is 2.27. The molecule has 0 bridgehead atoms. The molecule has 1 saturated heterocycles. The van der Waals surface area contributed by atoms with Gasteiger partial charge in [-0.3, -0.25) is 0 Å². The van der Waals surface area contributed by atoms with E-state index in [1.165, 1.54) is 0 Å². The van der Waals surface area contributed by atoms with Crippen LogP contribution in [-0.2, 0) is 4.74 Å². The molecule has 0 radical (unpaired) electrons. The van der Waals surface area contributed by atoms with Crippen molar-refractivity contribution < 1.29 is 4.74 Å². The van der Waals surface area contributed by atoms with Gasteiger partial charge in [0, 0.05) is 25.6 Å². The normalized spacial score (nSPS) is 24.2. The molecule has 0 saturated carbocycles. The zero-order valence-electron chi connectivity index (χ0n) is 10.6. The Bertz CT molecular complexity index is 352. The number of pyridine rings is 1. The Labute approximate surface area is 103 Å². The minimum Gasteiger partial charge on any atom is -0.397 e. The van der Waals surface area contributed by atoms with E-state index >= 15 is 0 Å². The zero-order valence-corrected chi connectivity index (χ0v) is 10.6. The Hall–Kier alpha value is -1.29. The lowest BCUT2D eigenvalue weighted by molar-refractivity contribution is 0.104. The summed E-state index contributed by atoms with van der Waals surface area (Å²) < 4.78 is 5.52. The highest BCUT2D eigenvalue weighted by Gasteiger charge is 2.30. The van der Waals surface area contributed by atoms with Crippen molar-refractivity contribution in [2.45, 2.75) is 13.8 Å². The number of hydrogen-bond donors (Lipinski definition) is 1. The van der Waals surface area contributed by atoms with Crippen LogP contribution in [-0.4, -0.2) is 31.3 Å². The zero-order chi connectivity index (χ0) is 12.3. The molecule has 1 fully saturated rings. The summed E-state index contributed by atoms with van der Waals surface area (Å²) in [6, 6.07) is 3.90. The van der Waals surface area contributed by atoms with Gasteiger partial charge in [0.1, 0.15) is 5.82 Å². The van der Waals surface area contributed by atoms with E-state index in [9.17, 15) is 0 Å². The van der Waals surface area contributed by atoms with Crippen molar-refractivity contribution >= 4 is 11.5 Å². The van der Waals surface area contributed by atoms with Gasteiger partial charge in [0.15, 0.2) is 0 Å². The summed E-state index contributed by atoms with van der Waals surface area (Å²) in [4.78, 5) is 6.68. The maximum Gasteiger partial charge on any atom is 0.128 e. The predicted molar refractivity (Wildman–Crippen MR) is 70.0 cm³/mol. The smallest absolute Gasteiger partial charge is 0.128 e. The molecule has 0 aliphatic carbocycles. The standard InChI is InChI=1S/C13H21N3O/c1-3-17-9-11-8-16(7-10(11)2)13-5-4-12(14)6-15-13/h4-6,10-11H,3,7-9,14H2,1-2H3/t10-,11-/m0/s1. The average molecular weight is 235 g/mol. The quantitative estimate of drug-likeness (QED) is 0.864. The van der Waals surface area contributed by atoms with E-state index < -0.39 is 0 Å². The molecule has 1 aliphatic rings. The molecular weight excluding hydrogens is 214 g/mol. The second-order valence-electron chi connectivity index (χ2n) is 4.75. The molecular formula is C13H21N3O.